The molecular weight excluding hydrogens is 244 g/mol. The number of amides is 1. The van der Waals surface area contributed by atoms with Crippen molar-refractivity contribution in [3.63, 3.8) is 0 Å². The Balaban J connectivity index is 1.84. The highest BCUT2D eigenvalue weighted by Gasteiger charge is 2.32. The monoisotopic (exact) mass is 258 g/mol. The van der Waals surface area contributed by atoms with Crippen LogP contribution in [-0.2, 0) is 6.42 Å². The number of aliphatic hydroxyl groups is 1. The van der Waals surface area contributed by atoms with Crippen LogP contribution in [0.25, 0.3) is 0 Å². The number of carbonyl (C=O) groups is 1. The van der Waals surface area contributed by atoms with Gasteiger partial charge in [-0.25, -0.2) is 0 Å². The van der Waals surface area contributed by atoms with E-state index in [-0.39, 0.29) is 11.9 Å². The van der Waals surface area contributed by atoms with E-state index in [0.29, 0.717) is 17.7 Å². The quantitative estimate of drug-likeness (QED) is 0.853. The molecule has 1 amide bonds. The lowest BCUT2D eigenvalue weighted by Crippen LogP contribution is -2.33. The highest BCUT2D eigenvalue weighted by Crippen LogP contribution is 2.31. The number of aromatic nitrogens is 1. The maximum Gasteiger partial charge on any atom is 0.257 e. The van der Waals surface area contributed by atoms with Gasteiger partial charge in [0.2, 0.25) is 0 Å². The maximum absolute atomic E-state index is 12.1. The van der Waals surface area contributed by atoms with Crippen molar-refractivity contribution >= 4 is 5.91 Å². The van der Waals surface area contributed by atoms with Gasteiger partial charge >= 0.3 is 0 Å². The van der Waals surface area contributed by atoms with E-state index in [0.717, 1.165) is 11.1 Å². The minimum Gasteiger partial charge on any atom is -0.390 e. The first-order valence-electron chi connectivity index (χ1n) is 6.15. The van der Waals surface area contributed by atoms with Crippen molar-refractivity contribution in [1.29, 1.82) is 0 Å². The SMILES string of the molecule is Cc1oncc1C(=O)N[C@@H]1c2ccccc2C[C@@H]1O. The largest absolute Gasteiger partial charge is 0.390 e. The summed E-state index contributed by atoms with van der Waals surface area (Å²) in [6.45, 7) is 1.68. The summed E-state index contributed by atoms with van der Waals surface area (Å²) in [5.74, 6) is 0.192. The summed E-state index contributed by atoms with van der Waals surface area (Å²) >= 11 is 0. The van der Waals surface area contributed by atoms with Crippen molar-refractivity contribution in [2.24, 2.45) is 0 Å². The molecule has 1 aliphatic carbocycles. The molecule has 5 nitrogen and oxygen atoms in total. The van der Waals surface area contributed by atoms with E-state index in [2.05, 4.69) is 10.5 Å². The molecule has 1 aromatic heterocycles. The lowest BCUT2D eigenvalue weighted by Gasteiger charge is -2.17. The summed E-state index contributed by atoms with van der Waals surface area (Å²) < 4.78 is 4.87. The van der Waals surface area contributed by atoms with Crippen molar-refractivity contribution in [1.82, 2.24) is 10.5 Å². The first kappa shape index (κ1) is 11.9. The van der Waals surface area contributed by atoms with Crippen molar-refractivity contribution in [2.75, 3.05) is 0 Å². The standard InChI is InChI=1S/C14H14N2O3/c1-8-11(7-15-19-8)14(18)16-13-10-5-3-2-4-9(10)6-12(13)17/h2-5,7,12-13,17H,6H2,1H3,(H,16,18)/t12-,13+/m0/s1. The van der Waals surface area contributed by atoms with Crippen LogP contribution in [0.15, 0.2) is 35.0 Å². The third-order valence-electron chi connectivity index (χ3n) is 3.49. The van der Waals surface area contributed by atoms with Crippen LogP contribution in [0, 0.1) is 6.92 Å². The second-order valence-corrected chi connectivity index (χ2v) is 4.72. The molecule has 2 atom stereocenters. The lowest BCUT2D eigenvalue weighted by atomic mass is 10.1. The van der Waals surface area contributed by atoms with E-state index in [4.69, 9.17) is 4.52 Å². The molecule has 0 spiro atoms. The molecule has 0 radical (unpaired) electrons. The summed E-state index contributed by atoms with van der Waals surface area (Å²) in [6, 6.07) is 7.35. The molecule has 1 heterocycles. The number of nitrogens with zero attached hydrogens (tertiary/aromatic N) is 1. The molecule has 5 heteroatoms. The van der Waals surface area contributed by atoms with Crippen LogP contribution in [-0.4, -0.2) is 22.3 Å². The first-order valence-corrected chi connectivity index (χ1v) is 6.15. The minimum atomic E-state index is -0.596. The summed E-state index contributed by atoms with van der Waals surface area (Å²) in [7, 11) is 0. The number of aryl methyl sites for hydroxylation is 1. The summed E-state index contributed by atoms with van der Waals surface area (Å²) in [4.78, 5) is 12.1. The van der Waals surface area contributed by atoms with Gasteiger partial charge in [-0.15, -0.1) is 0 Å². The van der Waals surface area contributed by atoms with Crippen LogP contribution in [0.5, 0.6) is 0 Å². The normalized spacial score (nSPS) is 21.2. The van der Waals surface area contributed by atoms with E-state index in [1.54, 1.807) is 6.92 Å². The smallest absolute Gasteiger partial charge is 0.257 e. The third kappa shape index (κ3) is 2.02. The molecule has 0 saturated heterocycles. The van der Waals surface area contributed by atoms with Gasteiger partial charge in [0.1, 0.15) is 11.3 Å². The van der Waals surface area contributed by atoms with Gasteiger partial charge in [0, 0.05) is 6.42 Å². The predicted octanol–water partition coefficient (Wildman–Crippen LogP) is 1.37. The Kier molecular flexibility index (Phi) is 2.83. The Morgan fingerprint density at radius 2 is 2.26 bits per heavy atom. The van der Waals surface area contributed by atoms with E-state index in [1.165, 1.54) is 6.20 Å². The molecule has 0 saturated carbocycles. The van der Waals surface area contributed by atoms with Gasteiger partial charge in [-0.05, 0) is 18.1 Å². The van der Waals surface area contributed by atoms with Crippen LogP contribution in [0.2, 0.25) is 0 Å². The van der Waals surface area contributed by atoms with Crippen molar-refractivity contribution in [3.8, 4) is 0 Å². The molecule has 0 fully saturated rings. The fourth-order valence-corrected chi connectivity index (χ4v) is 2.48. The number of hydrogen-bond acceptors (Lipinski definition) is 4. The van der Waals surface area contributed by atoms with Crippen molar-refractivity contribution in [2.45, 2.75) is 25.5 Å². The number of benzene rings is 1. The topological polar surface area (TPSA) is 75.4 Å². The van der Waals surface area contributed by atoms with Crippen LogP contribution in [0.1, 0.15) is 33.3 Å². The van der Waals surface area contributed by atoms with Gasteiger partial charge in [0.15, 0.2) is 0 Å². The number of nitrogens with one attached hydrogen (secondary N) is 1. The molecule has 0 aliphatic heterocycles. The average Bonchev–Trinajstić information content (AvgIpc) is 2.94. The van der Waals surface area contributed by atoms with Gasteiger partial charge in [-0.2, -0.15) is 0 Å². The number of hydrogen-bond donors (Lipinski definition) is 2. The first-order chi connectivity index (χ1) is 9.16. The fraction of sp³-hybridized carbons (Fsp3) is 0.286. The Morgan fingerprint density at radius 3 is 3.00 bits per heavy atom. The highest BCUT2D eigenvalue weighted by molar-refractivity contribution is 5.95. The molecule has 2 aromatic rings. The van der Waals surface area contributed by atoms with Gasteiger partial charge < -0.3 is 14.9 Å². The second kappa shape index (κ2) is 4.51. The molecular formula is C14H14N2O3. The molecule has 2 N–H and O–H groups in total. The van der Waals surface area contributed by atoms with Crippen LogP contribution in [0.4, 0.5) is 0 Å². The maximum atomic E-state index is 12.1. The van der Waals surface area contributed by atoms with Gasteiger partial charge in [-0.3, -0.25) is 4.79 Å². The van der Waals surface area contributed by atoms with E-state index < -0.39 is 6.10 Å². The Bertz CT molecular complexity index is 621. The molecule has 98 valence electrons. The summed E-state index contributed by atoms with van der Waals surface area (Å²) in [5.41, 5.74) is 2.44. The van der Waals surface area contributed by atoms with Crippen LogP contribution >= 0.6 is 0 Å². The van der Waals surface area contributed by atoms with Crippen molar-refractivity contribution in [3.05, 3.63) is 52.9 Å². The highest BCUT2D eigenvalue weighted by atomic mass is 16.5. The average molecular weight is 258 g/mol. The fourth-order valence-electron chi connectivity index (χ4n) is 2.48. The summed E-state index contributed by atoms with van der Waals surface area (Å²) in [5, 5.41) is 16.5. The number of rotatable bonds is 2. The zero-order chi connectivity index (χ0) is 13.4. The van der Waals surface area contributed by atoms with Gasteiger partial charge in [-0.1, -0.05) is 29.4 Å². The molecule has 19 heavy (non-hydrogen) atoms. The van der Waals surface area contributed by atoms with Crippen molar-refractivity contribution < 1.29 is 14.4 Å². The number of aliphatic hydroxyl groups excluding tert-OH is 1. The lowest BCUT2D eigenvalue weighted by molar-refractivity contribution is 0.0856. The van der Waals surface area contributed by atoms with Crippen LogP contribution < -0.4 is 5.32 Å². The second-order valence-electron chi connectivity index (χ2n) is 4.72. The van der Waals surface area contributed by atoms with Crippen LogP contribution in [0.3, 0.4) is 0 Å². The Morgan fingerprint density at radius 1 is 1.47 bits per heavy atom. The molecule has 1 aliphatic rings. The zero-order valence-electron chi connectivity index (χ0n) is 10.5. The Labute approximate surface area is 110 Å². The van der Waals surface area contributed by atoms with E-state index in [1.807, 2.05) is 24.3 Å². The number of carbonyl (C=O) groups excluding carboxylic acids is 1. The molecule has 0 bridgehead atoms. The third-order valence-corrected chi connectivity index (χ3v) is 3.49. The minimum absolute atomic E-state index is 0.278. The molecule has 3 rings (SSSR count). The Hall–Kier alpha value is -2.14. The van der Waals surface area contributed by atoms with E-state index in [9.17, 15) is 9.90 Å². The molecule has 0 unspecified atom stereocenters. The van der Waals surface area contributed by atoms with Gasteiger partial charge in [0.05, 0.1) is 18.3 Å². The van der Waals surface area contributed by atoms with E-state index >= 15 is 0 Å². The molecule has 1 aromatic carbocycles. The van der Waals surface area contributed by atoms with Gasteiger partial charge in [0.25, 0.3) is 5.91 Å². The predicted molar refractivity (Wildman–Crippen MR) is 67.6 cm³/mol. The number of fused-ring (bicyclic) bond motifs is 1. The summed E-state index contributed by atoms with van der Waals surface area (Å²) in [6.07, 6.45) is 1.35. The zero-order valence-corrected chi connectivity index (χ0v) is 10.5.